The van der Waals surface area contributed by atoms with Crippen molar-refractivity contribution >= 4 is 12.6 Å². The van der Waals surface area contributed by atoms with Crippen molar-refractivity contribution in [2.75, 3.05) is 0 Å². The summed E-state index contributed by atoms with van der Waals surface area (Å²) in [6.45, 7) is 2.21. The van der Waals surface area contributed by atoms with Crippen LogP contribution in [0.1, 0.15) is 78.1 Å². The van der Waals surface area contributed by atoms with Crippen LogP contribution in [-0.4, -0.2) is 17.7 Å². The third kappa shape index (κ3) is 5.16. The Kier molecular flexibility index (Phi) is 7.63. The van der Waals surface area contributed by atoms with Crippen molar-refractivity contribution in [3.63, 3.8) is 0 Å². The molecule has 0 spiro atoms. The largest absolute Gasteiger partial charge is 0.506 e. The molecule has 3 nitrogen and oxygen atoms in total. The first-order valence-corrected chi connectivity index (χ1v) is 7.49. The first-order valence-electron chi connectivity index (χ1n) is 7.49. The van der Waals surface area contributed by atoms with Gasteiger partial charge >= 0.3 is 0 Å². The number of aromatic hydroxyl groups is 1. The Morgan fingerprint density at radius 2 is 1.40 bits per heavy atom. The van der Waals surface area contributed by atoms with Gasteiger partial charge in [0.25, 0.3) is 0 Å². The van der Waals surface area contributed by atoms with Crippen LogP contribution in [0.4, 0.5) is 0 Å². The molecule has 0 saturated heterocycles. The summed E-state index contributed by atoms with van der Waals surface area (Å²) in [4.78, 5) is 21.7. The molecular weight excluding hydrogens is 252 g/mol. The molecule has 1 rings (SSSR count). The van der Waals surface area contributed by atoms with Crippen molar-refractivity contribution in [3.05, 3.63) is 28.8 Å². The van der Waals surface area contributed by atoms with Crippen LogP contribution in [0.5, 0.6) is 5.75 Å². The lowest BCUT2D eigenvalue weighted by Crippen LogP contribution is -1.94. The molecule has 0 aliphatic rings. The van der Waals surface area contributed by atoms with E-state index in [2.05, 4.69) is 6.92 Å². The Morgan fingerprint density at radius 1 is 0.900 bits per heavy atom. The van der Waals surface area contributed by atoms with Gasteiger partial charge in [-0.25, -0.2) is 0 Å². The molecular formula is C17H24O3. The summed E-state index contributed by atoms with van der Waals surface area (Å²) in [6, 6.07) is 3.35. The number of aryl methyl sites for hydroxylation is 1. The minimum atomic E-state index is -0.210. The highest BCUT2D eigenvalue weighted by molar-refractivity contribution is 5.88. The van der Waals surface area contributed by atoms with Crippen molar-refractivity contribution in [3.8, 4) is 5.75 Å². The van der Waals surface area contributed by atoms with Crippen LogP contribution >= 0.6 is 0 Å². The molecule has 20 heavy (non-hydrogen) atoms. The molecule has 0 aromatic heterocycles. The predicted molar refractivity (Wildman–Crippen MR) is 80.6 cm³/mol. The first-order chi connectivity index (χ1) is 9.72. The van der Waals surface area contributed by atoms with Crippen LogP contribution in [0.2, 0.25) is 0 Å². The third-order valence-electron chi connectivity index (χ3n) is 3.55. The topological polar surface area (TPSA) is 54.4 Å². The Balaban J connectivity index is 2.44. The normalized spacial score (nSPS) is 10.4. The van der Waals surface area contributed by atoms with E-state index in [0.29, 0.717) is 12.6 Å². The van der Waals surface area contributed by atoms with Crippen LogP contribution in [0.25, 0.3) is 0 Å². The van der Waals surface area contributed by atoms with Gasteiger partial charge in [0.2, 0.25) is 0 Å². The minimum absolute atomic E-state index is 0.201. The number of hydrogen-bond donors (Lipinski definition) is 1. The van der Waals surface area contributed by atoms with Gasteiger partial charge in [0.1, 0.15) is 5.75 Å². The predicted octanol–water partition coefficient (Wildman–Crippen LogP) is 4.31. The number of benzene rings is 1. The summed E-state index contributed by atoms with van der Waals surface area (Å²) in [7, 11) is 0. The molecule has 1 aromatic rings. The molecule has 0 radical (unpaired) electrons. The molecule has 0 bridgehead atoms. The number of rotatable bonds is 10. The van der Waals surface area contributed by atoms with E-state index in [1.165, 1.54) is 32.1 Å². The molecule has 0 heterocycles. The van der Waals surface area contributed by atoms with Crippen LogP contribution in [0.15, 0.2) is 12.1 Å². The van der Waals surface area contributed by atoms with E-state index in [4.69, 9.17) is 0 Å². The number of aldehydes is 2. The third-order valence-corrected chi connectivity index (χ3v) is 3.55. The van der Waals surface area contributed by atoms with Gasteiger partial charge in [0, 0.05) is 0 Å². The zero-order valence-electron chi connectivity index (χ0n) is 12.2. The maximum absolute atomic E-state index is 10.8. The number of hydrogen-bond acceptors (Lipinski definition) is 3. The average Bonchev–Trinajstić information content (AvgIpc) is 2.47. The van der Waals surface area contributed by atoms with E-state index in [1.54, 1.807) is 12.1 Å². The van der Waals surface area contributed by atoms with Crippen LogP contribution in [-0.2, 0) is 6.42 Å². The second-order valence-corrected chi connectivity index (χ2v) is 5.23. The standard InChI is InChI=1S/C17H24O3/c1-2-3-4-5-6-7-8-9-14-10-15(12-18)17(20)16(11-14)13-19/h10-13,20H,2-9H2,1H3. The van der Waals surface area contributed by atoms with Crippen molar-refractivity contribution in [2.24, 2.45) is 0 Å². The first kappa shape index (κ1) is 16.4. The van der Waals surface area contributed by atoms with Crippen LogP contribution in [0, 0.1) is 0 Å². The maximum Gasteiger partial charge on any atom is 0.153 e. The zero-order chi connectivity index (χ0) is 14.8. The molecule has 1 N–H and O–H groups in total. The fraction of sp³-hybridized carbons (Fsp3) is 0.529. The molecule has 0 saturated carbocycles. The average molecular weight is 276 g/mol. The number of carbonyl (C=O) groups is 2. The number of unbranched alkanes of at least 4 members (excludes halogenated alkanes) is 6. The molecule has 1 aromatic carbocycles. The van der Waals surface area contributed by atoms with E-state index in [0.717, 1.165) is 24.8 Å². The Labute approximate surface area is 121 Å². The van der Waals surface area contributed by atoms with Crippen LogP contribution < -0.4 is 0 Å². The SMILES string of the molecule is CCCCCCCCCc1cc(C=O)c(O)c(C=O)c1. The summed E-state index contributed by atoms with van der Waals surface area (Å²) >= 11 is 0. The Bertz CT molecular complexity index is 409. The van der Waals surface area contributed by atoms with Crippen LogP contribution in [0.3, 0.4) is 0 Å². The van der Waals surface area contributed by atoms with Crippen molar-refractivity contribution < 1.29 is 14.7 Å². The number of phenolic OH excluding ortho intramolecular Hbond substituents is 1. The summed E-state index contributed by atoms with van der Waals surface area (Å²) in [5.41, 5.74) is 1.35. The van der Waals surface area contributed by atoms with Gasteiger partial charge in [-0.3, -0.25) is 9.59 Å². The summed E-state index contributed by atoms with van der Waals surface area (Å²) < 4.78 is 0. The van der Waals surface area contributed by atoms with Crippen molar-refractivity contribution in [2.45, 2.75) is 58.3 Å². The molecule has 0 fully saturated rings. The molecule has 3 heteroatoms. The van der Waals surface area contributed by atoms with Gasteiger partial charge in [-0.15, -0.1) is 0 Å². The smallest absolute Gasteiger partial charge is 0.153 e. The summed E-state index contributed by atoms with van der Waals surface area (Å²) in [5.74, 6) is -0.210. The highest BCUT2D eigenvalue weighted by Gasteiger charge is 2.08. The number of phenols is 1. The second kappa shape index (κ2) is 9.29. The highest BCUT2D eigenvalue weighted by Crippen LogP contribution is 2.23. The van der Waals surface area contributed by atoms with Gasteiger partial charge in [-0.2, -0.15) is 0 Å². The summed E-state index contributed by atoms with van der Waals surface area (Å²) in [5, 5.41) is 9.64. The monoisotopic (exact) mass is 276 g/mol. The van der Waals surface area contributed by atoms with Crippen molar-refractivity contribution in [1.29, 1.82) is 0 Å². The lowest BCUT2D eigenvalue weighted by Gasteiger charge is -2.06. The molecule has 0 amide bonds. The molecule has 0 aliphatic carbocycles. The highest BCUT2D eigenvalue weighted by atomic mass is 16.3. The lowest BCUT2D eigenvalue weighted by molar-refractivity contribution is 0.112. The van der Waals surface area contributed by atoms with Crippen molar-refractivity contribution in [1.82, 2.24) is 0 Å². The quantitative estimate of drug-likeness (QED) is 0.511. The fourth-order valence-electron chi connectivity index (χ4n) is 2.35. The number of carbonyl (C=O) groups excluding carboxylic acids is 2. The maximum atomic E-state index is 10.8. The zero-order valence-corrected chi connectivity index (χ0v) is 12.2. The van der Waals surface area contributed by atoms with Gasteiger partial charge in [-0.1, -0.05) is 45.4 Å². The second-order valence-electron chi connectivity index (χ2n) is 5.23. The Hall–Kier alpha value is -1.64. The van der Waals surface area contributed by atoms with E-state index in [1.807, 2.05) is 0 Å². The van der Waals surface area contributed by atoms with E-state index in [9.17, 15) is 14.7 Å². The molecule has 0 unspecified atom stereocenters. The molecule has 0 atom stereocenters. The Morgan fingerprint density at radius 3 is 1.90 bits per heavy atom. The van der Waals surface area contributed by atoms with E-state index >= 15 is 0 Å². The lowest BCUT2D eigenvalue weighted by atomic mass is 10.00. The minimum Gasteiger partial charge on any atom is -0.506 e. The van der Waals surface area contributed by atoms with Gasteiger partial charge in [0.15, 0.2) is 12.6 Å². The molecule has 0 aliphatic heterocycles. The molecule has 110 valence electrons. The van der Waals surface area contributed by atoms with E-state index < -0.39 is 0 Å². The van der Waals surface area contributed by atoms with Gasteiger partial charge in [-0.05, 0) is 30.5 Å². The van der Waals surface area contributed by atoms with E-state index in [-0.39, 0.29) is 16.9 Å². The summed E-state index contributed by atoms with van der Waals surface area (Å²) in [6.07, 6.45) is 10.6. The fourth-order valence-corrected chi connectivity index (χ4v) is 2.35. The van der Waals surface area contributed by atoms with Gasteiger partial charge in [0.05, 0.1) is 11.1 Å². The van der Waals surface area contributed by atoms with Gasteiger partial charge < -0.3 is 5.11 Å².